The summed E-state index contributed by atoms with van der Waals surface area (Å²) in [5.41, 5.74) is 0.00365. The summed E-state index contributed by atoms with van der Waals surface area (Å²) >= 11 is 1.75. The Morgan fingerprint density at radius 3 is 2.76 bits per heavy atom. The Morgan fingerprint density at radius 1 is 1.41 bits per heavy atom. The lowest BCUT2D eigenvalue weighted by molar-refractivity contribution is -0.385. The molecule has 0 saturated heterocycles. The molecule has 0 heterocycles. The third-order valence-electron chi connectivity index (χ3n) is 2.05. The van der Waals surface area contributed by atoms with Crippen molar-refractivity contribution >= 4 is 17.4 Å². The number of nitro groups is 1. The lowest BCUT2D eigenvalue weighted by Crippen LogP contribution is -2.02. The van der Waals surface area contributed by atoms with E-state index in [0.29, 0.717) is 18.1 Å². The molecule has 0 aliphatic rings. The monoisotopic (exact) mass is 257 g/mol. The number of nitro benzene ring substituents is 1. The van der Waals surface area contributed by atoms with Gasteiger partial charge < -0.3 is 9.47 Å². The summed E-state index contributed by atoms with van der Waals surface area (Å²) < 4.78 is 10.6. The van der Waals surface area contributed by atoms with Crippen LogP contribution in [0.1, 0.15) is 6.92 Å². The van der Waals surface area contributed by atoms with Crippen LogP contribution in [-0.4, -0.2) is 30.1 Å². The number of benzene rings is 1. The van der Waals surface area contributed by atoms with Gasteiger partial charge in [-0.25, -0.2) is 0 Å². The molecule has 17 heavy (non-hydrogen) atoms. The zero-order valence-corrected chi connectivity index (χ0v) is 10.7. The quantitative estimate of drug-likeness (QED) is 0.427. The molecule has 5 nitrogen and oxygen atoms in total. The van der Waals surface area contributed by atoms with Crippen molar-refractivity contribution in [3.05, 3.63) is 28.3 Å². The summed E-state index contributed by atoms with van der Waals surface area (Å²) in [5.74, 6) is 2.80. The van der Waals surface area contributed by atoms with Crippen molar-refractivity contribution in [3.8, 4) is 11.5 Å². The van der Waals surface area contributed by atoms with Crippen LogP contribution in [0, 0.1) is 10.1 Å². The first-order chi connectivity index (χ1) is 8.19. The van der Waals surface area contributed by atoms with Crippen LogP contribution in [0.4, 0.5) is 5.69 Å². The first-order valence-corrected chi connectivity index (χ1v) is 6.37. The molecule has 0 N–H and O–H groups in total. The highest BCUT2D eigenvalue weighted by molar-refractivity contribution is 7.99. The van der Waals surface area contributed by atoms with Crippen molar-refractivity contribution < 1.29 is 14.4 Å². The van der Waals surface area contributed by atoms with E-state index in [1.54, 1.807) is 17.8 Å². The fourth-order valence-corrected chi connectivity index (χ4v) is 1.74. The summed E-state index contributed by atoms with van der Waals surface area (Å²) in [5, 5.41) is 10.6. The summed E-state index contributed by atoms with van der Waals surface area (Å²) in [7, 11) is 1.51. The molecule has 0 aromatic heterocycles. The molecule has 94 valence electrons. The Labute approximate surface area is 104 Å². The van der Waals surface area contributed by atoms with Crippen LogP contribution in [0.3, 0.4) is 0 Å². The summed E-state index contributed by atoms with van der Waals surface area (Å²) in [6, 6.07) is 4.32. The van der Waals surface area contributed by atoms with Gasteiger partial charge in [-0.05, 0) is 11.8 Å². The van der Waals surface area contributed by atoms with Crippen LogP contribution >= 0.6 is 11.8 Å². The van der Waals surface area contributed by atoms with Crippen LogP contribution in [0.15, 0.2) is 18.2 Å². The van der Waals surface area contributed by atoms with Crippen molar-refractivity contribution in [2.75, 3.05) is 25.2 Å². The number of methoxy groups -OCH3 is 1. The fourth-order valence-electron chi connectivity index (χ4n) is 1.25. The number of hydrogen-bond donors (Lipinski definition) is 0. The second kappa shape index (κ2) is 7.01. The largest absolute Gasteiger partial charge is 0.493 e. The normalized spacial score (nSPS) is 10.0. The van der Waals surface area contributed by atoms with Crippen LogP contribution in [-0.2, 0) is 0 Å². The topological polar surface area (TPSA) is 61.6 Å². The van der Waals surface area contributed by atoms with Gasteiger partial charge in [-0.15, -0.1) is 0 Å². The Kier molecular flexibility index (Phi) is 5.62. The molecule has 0 spiro atoms. The van der Waals surface area contributed by atoms with Gasteiger partial charge in [-0.3, -0.25) is 10.1 Å². The van der Waals surface area contributed by atoms with E-state index in [-0.39, 0.29) is 5.69 Å². The average molecular weight is 257 g/mol. The third-order valence-corrected chi connectivity index (χ3v) is 2.91. The Hall–Kier alpha value is -1.43. The average Bonchev–Trinajstić information content (AvgIpc) is 2.34. The Bertz CT molecular complexity index is 384. The zero-order chi connectivity index (χ0) is 12.7. The molecular formula is C11H15NO4S. The van der Waals surface area contributed by atoms with Crippen molar-refractivity contribution in [3.63, 3.8) is 0 Å². The number of non-ortho nitro benzene ring substituents is 1. The van der Waals surface area contributed by atoms with Crippen molar-refractivity contribution in [1.82, 2.24) is 0 Å². The molecule has 0 aliphatic carbocycles. The predicted octanol–water partition coefficient (Wildman–Crippen LogP) is 2.74. The third kappa shape index (κ3) is 4.14. The van der Waals surface area contributed by atoms with Crippen molar-refractivity contribution in [1.29, 1.82) is 0 Å². The van der Waals surface area contributed by atoms with Gasteiger partial charge in [0.1, 0.15) is 0 Å². The van der Waals surface area contributed by atoms with Crippen molar-refractivity contribution in [2.24, 2.45) is 0 Å². The van der Waals surface area contributed by atoms with Crippen LogP contribution in [0.5, 0.6) is 11.5 Å². The van der Waals surface area contributed by atoms with E-state index in [1.807, 2.05) is 0 Å². The number of ether oxygens (including phenoxy) is 2. The van der Waals surface area contributed by atoms with Gasteiger partial charge in [0.05, 0.1) is 24.7 Å². The minimum absolute atomic E-state index is 0.00365. The second-order valence-corrected chi connectivity index (χ2v) is 4.53. The minimum atomic E-state index is -0.451. The maximum absolute atomic E-state index is 10.6. The number of rotatable bonds is 7. The lowest BCUT2D eigenvalue weighted by Gasteiger charge is -2.09. The summed E-state index contributed by atoms with van der Waals surface area (Å²) in [4.78, 5) is 10.2. The SMILES string of the molecule is CCSCCOc1cc([N+](=O)[O-])ccc1OC. The number of hydrogen-bond acceptors (Lipinski definition) is 5. The molecule has 0 bridgehead atoms. The predicted molar refractivity (Wildman–Crippen MR) is 68.1 cm³/mol. The molecule has 0 amide bonds. The second-order valence-electron chi connectivity index (χ2n) is 3.14. The highest BCUT2D eigenvalue weighted by Crippen LogP contribution is 2.31. The highest BCUT2D eigenvalue weighted by atomic mass is 32.2. The minimum Gasteiger partial charge on any atom is -0.493 e. The van der Waals surface area contributed by atoms with E-state index in [1.165, 1.54) is 19.2 Å². The molecule has 0 fully saturated rings. The molecular weight excluding hydrogens is 242 g/mol. The van der Waals surface area contributed by atoms with Gasteiger partial charge in [0.2, 0.25) is 0 Å². The molecule has 0 unspecified atom stereocenters. The van der Waals surface area contributed by atoms with Gasteiger partial charge in [-0.2, -0.15) is 11.8 Å². The fraction of sp³-hybridized carbons (Fsp3) is 0.455. The smallest absolute Gasteiger partial charge is 0.273 e. The van der Waals surface area contributed by atoms with Crippen molar-refractivity contribution in [2.45, 2.75) is 6.92 Å². The van der Waals surface area contributed by atoms with E-state index in [9.17, 15) is 10.1 Å². The standard InChI is InChI=1S/C11H15NO4S/c1-3-17-7-6-16-11-8-9(12(13)14)4-5-10(11)15-2/h4-5,8H,3,6-7H2,1-2H3. The zero-order valence-electron chi connectivity index (χ0n) is 9.84. The van der Waals surface area contributed by atoms with Crippen LogP contribution < -0.4 is 9.47 Å². The van der Waals surface area contributed by atoms with Crippen LogP contribution in [0.25, 0.3) is 0 Å². The van der Waals surface area contributed by atoms with Gasteiger partial charge in [0, 0.05) is 11.8 Å². The highest BCUT2D eigenvalue weighted by Gasteiger charge is 2.12. The Balaban J connectivity index is 2.72. The van der Waals surface area contributed by atoms with E-state index < -0.39 is 4.92 Å². The number of thioether (sulfide) groups is 1. The summed E-state index contributed by atoms with van der Waals surface area (Å²) in [6.07, 6.45) is 0. The molecule has 0 aliphatic heterocycles. The lowest BCUT2D eigenvalue weighted by atomic mass is 10.3. The molecule has 1 aromatic rings. The first kappa shape index (κ1) is 13.6. The maximum atomic E-state index is 10.6. The molecule has 1 aromatic carbocycles. The molecule has 0 atom stereocenters. The number of nitrogens with zero attached hydrogens (tertiary/aromatic N) is 1. The van der Waals surface area contributed by atoms with E-state index >= 15 is 0 Å². The van der Waals surface area contributed by atoms with Gasteiger partial charge in [-0.1, -0.05) is 6.92 Å². The van der Waals surface area contributed by atoms with E-state index in [0.717, 1.165) is 11.5 Å². The van der Waals surface area contributed by atoms with E-state index in [4.69, 9.17) is 9.47 Å². The van der Waals surface area contributed by atoms with E-state index in [2.05, 4.69) is 6.92 Å². The summed E-state index contributed by atoms with van der Waals surface area (Å²) in [6.45, 7) is 2.58. The molecule has 0 saturated carbocycles. The first-order valence-electron chi connectivity index (χ1n) is 5.22. The molecule has 6 heteroatoms. The maximum Gasteiger partial charge on any atom is 0.273 e. The van der Waals surface area contributed by atoms with Gasteiger partial charge in [0.15, 0.2) is 11.5 Å². The van der Waals surface area contributed by atoms with Gasteiger partial charge >= 0.3 is 0 Å². The van der Waals surface area contributed by atoms with Crippen LogP contribution in [0.2, 0.25) is 0 Å². The molecule has 0 radical (unpaired) electrons. The Morgan fingerprint density at radius 2 is 2.18 bits per heavy atom. The van der Waals surface area contributed by atoms with Gasteiger partial charge in [0.25, 0.3) is 5.69 Å². The molecule has 1 rings (SSSR count).